The van der Waals surface area contributed by atoms with E-state index < -0.39 is 40.7 Å². The van der Waals surface area contributed by atoms with E-state index >= 15 is 0 Å². The summed E-state index contributed by atoms with van der Waals surface area (Å²) in [5, 5.41) is 3.31. The van der Waals surface area contributed by atoms with Crippen molar-refractivity contribution < 1.29 is 22.0 Å². The summed E-state index contributed by atoms with van der Waals surface area (Å²) < 4.78 is 66.5. The molecule has 2 N–H and O–H groups in total. The van der Waals surface area contributed by atoms with Gasteiger partial charge in [-0.25, -0.2) is 18.4 Å². The second kappa shape index (κ2) is 6.40. The SMILES string of the molecule is Nc1c2c(C(F)(F)F)nc(C(F)F)cc2nn1-c1c(Cl)cc(Cl)cc1Cl. The molecule has 0 fully saturated rings. The van der Waals surface area contributed by atoms with Crippen molar-refractivity contribution in [3.8, 4) is 5.69 Å². The largest absolute Gasteiger partial charge is 0.434 e. The third kappa shape index (κ3) is 3.15. The molecule has 0 aliphatic carbocycles. The van der Waals surface area contributed by atoms with Gasteiger partial charge in [0.2, 0.25) is 0 Å². The van der Waals surface area contributed by atoms with Crippen LogP contribution in [-0.4, -0.2) is 14.8 Å². The predicted octanol–water partition coefficient (Wildman–Crippen LogP) is 5.92. The van der Waals surface area contributed by atoms with Gasteiger partial charge in [0, 0.05) is 5.02 Å². The monoisotopic (exact) mass is 430 g/mol. The van der Waals surface area contributed by atoms with Gasteiger partial charge in [0.1, 0.15) is 17.2 Å². The quantitative estimate of drug-likeness (QED) is 0.513. The molecule has 2 aromatic heterocycles. The third-order valence-corrected chi connectivity index (χ3v) is 4.19. The summed E-state index contributed by atoms with van der Waals surface area (Å²) >= 11 is 17.9. The smallest absolute Gasteiger partial charge is 0.383 e. The number of rotatable bonds is 2. The van der Waals surface area contributed by atoms with Crippen molar-refractivity contribution in [2.75, 3.05) is 5.73 Å². The lowest BCUT2D eigenvalue weighted by Crippen LogP contribution is -2.11. The minimum absolute atomic E-state index is 0.0434. The van der Waals surface area contributed by atoms with Crippen LogP contribution in [0, 0.1) is 0 Å². The van der Waals surface area contributed by atoms with Gasteiger partial charge >= 0.3 is 6.18 Å². The van der Waals surface area contributed by atoms with E-state index in [0.717, 1.165) is 10.7 Å². The summed E-state index contributed by atoms with van der Waals surface area (Å²) in [5.41, 5.74) is 2.67. The molecule has 1 aromatic carbocycles. The van der Waals surface area contributed by atoms with Crippen LogP contribution in [-0.2, 0) is 6.18 Å². The zero-order valence-corrected chi connectivity index (χ0v) is 14.5. The fraction of sp³-hybridized carbons (Fsp3) is 0.143. The van der Waals surface area contributed by atoms with Crippen molar-refractivity contribution >= 4 is 51.5 Å². The Morgan fingerprint density at radius 1 is 1.04 bits per heavy atom. The molecule has 0 saturated heterocycles. The molecule has 0 unspecified atom stereocenters. The molecule has 0 atom stereocenters. The van der Waals surface area contributed by atoms with E-state index in [0.29, 0.717) is 0 Å². The number of nitrogens with zero attached hydrogens (tertiary/aromatic N) is 3. The molecule has 3 rings (SSSR count). The van der Waals surface area contributed by atoms with Crippen molar-refractivity contribution in [1.29, 1.82) is 0 Å². The second-order valence-electron chi connectivity index (χ2n) is 5.10. The van der Waals surface area contributed by atoms with E-state index in [9.17, 15) is 22.0 Å². The van der Waals surface area contributed by atoms with Crippen molar-refractivity contribution in [3.63, 3.8) is 0 Å². The normalized spacial score (nSPS) is 12.3. The number of halogens is 8. The van der Waals surface area contributed by atoms with Crippen LogP contribution in [0.1, 0.15) is 17.8 Å². The first-order valence-electron chi connectivity index (χ1n) is 6.70. The van der Waals surface area contributed by atoms with Crippen molar-refractivity contribution in [2.45, 2.75) is 12.6 Å². The molecule has 12 heteroatoms. The Hall–Kier alpha value is -1.84. The fourth-order valence-electron chi connectivity index (χ4n) is 2.37. The number of nitrogen functional groups attached to an aromatic ring is 1. The van der Waals surface area contributed by atoms with Gasteiger partial charge in [0.25, 0.3) is 6.43 Å². The Balaban J connectivity index is 2.40. The van der Waals surface area contributed by atoms with Crippen LogP contribution in [0.5, 0.6) is 0 Å². The zero-order valence-electron chi connectivity index (χ0n) is 12.3. The number of alkyl halides is 5. The van der Waals surface area contributed by atoms with Gasteiger partial charge in [0.05, 0.1) is 20.9 Å². The van der Waals surface area contributed by atoms with Crippen molar-refractivity contribution in [2.24, 2.45) is 0 Å². The number of benzene rings is 1. The van der Waals surface area contributed by atoms with Crippen LogP contribution in [0.15, 0.2) is 18.2 Å². The summed E-state index contributed by atoms with van der Waals surface area (Å²) in [7, 11) is 0. The van der Waals surface area contributed by atoms with Crippen LogP contribution in [0.4, 0.5) is 27.8 Å². The summed E-state index contributed by atoms with van der Waals surface area (Å²) in [6.45, 7) is 0. The average Bonchev–Trinajstić information content (AvgIpc) is 2.81. The highest BCUT2D eigenvalue weighted by Gasteiger charge is 2.38. The standard InChI is InChI=1S/C14H6Cl3F5N4/c15-4-1-5(16)10(6(17)2-4)26-13(23)9-7(25-26)3-8(12(18)19)24-11(9)14(20,21)22/h1-3,12H,23H2. The minimum atomic E-state index is -5.03. The molecule has 26 heavy (non-hydrogen) atoms. The van der Waals surface area contributed by atoms with Crippen LogP contribution in [0.2, 0.25) is 15.1 Å². The van der Waals surface area contributed by atoms with E-state index in [1.807, 2.05) is 0 Å². The third-order valence-electron chi connectivity index (χ3n) is 3.40. The van der Waals surface area contributed by atoms with Gasteiger partial charge in [0.15, 0.2) is 5.69 Å². The molecule has 0 aliphatic heterocycles. The number of aromatic nitrogens is 3. The lowest BCUT2D eigenvalue weighted by Gasteiger charge is -2.11. The average molecular weight is 432 g/mol. The molecule has 138 valence electrons. The van der Waals surface area contributed by atoms with E-state index in [1.54, 1.807) is 0 Å². The van der Waals surface area contributed by atoms with Gasteiger partial charge in [-0.05, 0) is 18.2 Å². The minimum Gasteiger partial charge on any atom is -0.383 e. The Labute approximate surface area is 157 Å². The Kier molecular flexibility index (Phi) is 4.66. The number of nitrogens with two attached hydrogens (primary N) is 1. The van der Waals surface area contributed by atoms with Gasteiger partial charge in [-0.3, -0.25) is 0 Å². The highest BCUT2D eigenvalue weighted by atomic mass is 35.5. The first kappa shape index (κ1) is 18.9. The predicted molar refractivity (Wildman–Crippen MR) is 88.3 cm³/mol. The fourth-order valence-corrected chi connectivity index (χ4v) is 3.35. The van der Waals surface area contributed by atoms with Crippen LogP contribution >= 0.6 is 34.8 Å². The highest BCUT2D eigenvalue weighted by molar-refractivity contribution is 6.40. The zero-order chi connectivity index (χ0) is 19.4. The molecule has 0 aliphatic rings. The Morgan fingerprint density at radius 2 is 1.62 bits per heavy atom. The van der Waals surface area contributed by atoms with Crippen molar-refractivity contribution in [1.82, 2.24) is 14.8 Å². The van der Waals surface area contributed by atoms with Gasteiger partial charge in [-0.2, -0.15) is 18.3 Å². The number of pyridine rings is 1. The van der Waals surface area contributed by atoms with Gasteiger partial charge < -0.3 is 5.73 Å². The number of anilines is 1. The molecular formula is C14H6Cl3F5N4. The van der Waals surface area contributed by atoms with E-state index in [1.165, 1.54) is 12.1 Å². The molecule has 0 bridgehead atoms. The topological polar surface area (TPSA) is 56.7 Å². The first-order chi connectivity index (χ1) is 12.0. The van der Waals surface area contributed by atoms with Crippen molar-refractivity contribution in [3.05, 3.63) is 44.7 Å². The Bertz CT molecular complexity index is 993. The van der Waals surface area contributed by atoms with E-state index in [2.05, 4.69) is 10.1 Å². The number of hydrogen-bond donors (Lipinski definition) is 1. The molecule has 0 spiro atoms. The molecule has 2 heterocycles. The lowest BCUT2D eigenvalue weighted by atomic mass is 10.2. The lowest BCUT2D eigenvalue weighted by molar-refractivity contribution is -0.140. The Morgan fingerprint density at radius 3 is 2.12 bits per heavy atom. The molecule has 0 saturated carbocycles. The molecule has 3 aromatic rings. The van der Waals surface area contributed by atoms with Crippen LogP contribution in [0.3, 0.4) is 0 Å². The molecule has 4 nitrogen and oxygen atoms in total. The second-order valence-corrected chi connectivity index (χ2v) is 6.35. The van der Waals surface area contributed by atoms with Gasteiger partial charge in [-0.15, -0.1) is 0 Å². The molecule has 0 radical (unpaired) electrons. The maximum Gasteiger partial charge on any atom is 0.434 e. The highest BCUT2D eigenvalue weighted by Crippen LogP contribution is 2.40. The van der Waals surface area contributed by atoms with E-state index in [-0.39, 0.29) is 20.8 Å². The molecular weight excluding hydrogens is 426 g/mol. The summed E-state index contributed by atoms with van der Waals surface area (Å²) in [4.78, 5) is 3.00. The van der Waals surface area contributed by atoms with Gasteiger partial charge in [-0.1, -0.05) is 34.8 Å². The first-order valence-corrected chi connectivity index (χ1v) is 7.83. The van der Waals surface area contributed by atoms with Crippen LogP contribution in [0.25, 0.3) is 16.6 Å². The van der Waals surface area contributed by atoms with Crippen LogP contribution < -0.4 is 5.73 Å². The summed E-state index contributed by atoms with van der Waals surface area (Å²) in [5.74, 6) is -0.508. The maximum absolute atomic E-state index is 13.3. The summed E-state index contributed by atoms with van der Waals surface area (Å²) in [6.07, 6.45) is -8.26. The number of hydrogen-bond acceptors (Lipinski definition) is 3. The maximum atomic E-state index is 13.3. The van der Waals surface area contributed by atoms with E-state index in [4.69, 9.17) is 40.5 Å². The molecule has 0 amide bonds. The number of fused-ring (bicyclic) bond motifs is 1. The summed E-state index contributed by atoms with van der Waals surface area (Å²) in [6, 6.07) is 3.28.